The van der Waals surface area contributed by atoms with E-state index in [-0.39, 0.29) is 21.8 Å². The Hall–Kier alpha value is -4.25. The highest BCUT2D eigenvalue weighted by molar-refractivity contribution is 7.07. The summed E-state index contributed by atoms with van der Waals surface area (Å²) in [7, 11) is 1.54. The Kier molecular flexibility index (Phi) is 6.75. The second-order valence-corrected chi connectivity index (χ2v) is 9.29. The summed E-state index contributed by atoms with van der Waals surface area (Å²) in [6.07, 6.45) is 0.999. The number of benzene rings is 2. The number of thiazole rings is 1. The number of aromatic hydroxyl groups is 1. The largest absolute Gasteiger partial charge is 0.502 e. The summed E-state index contributed by atoms with van der Waals surface area (Å²) < 4.78 is 12.3. The second-order valence-electron chi connectivity index (χ2n) is 8.28. The van der Waals surface area contributed by atoms with Gasteiger partial charge in [0.05, 0.1) is 40.0 Å². The van der Waals surface area contributed by atoms with Gasteiger partial charge in [-0.15, -0.1) is 0 Å². The molecule has 0 amide bonds. The Balaban J connectivity index is 1.95. The molecule has 0 bridgehead atoms. The van der Waals surface area contributed by atoms with Gasteiger partial charge in [-0.1, -0.05) is 35.6 Å². The van der Waals surface area contributed by atoms with E-state index in [1.54, 1.807) is 45.0 Å². The Bertz CT molecular complexity index is 1570. The van der Waals surface area contributed by atoms with Crippen LogP contribution in [0.3, 0.4) is 0 Å². The number of carbonyl (C=O) groups is 1. The summed E-state index contributed by atoms with van der Waals surface area (Å²) in [6, 6.07) is 10.2. The van der Waals surface area contributed by atoms with Crippen molar-refractivity contribution in [3.8, 4) is 11.5 Å². The van der Waals surface area contributed by atoms with Crippen LogP contribution in [0.1, 0.15) is 37.9 Å². The average Bonchev–Trinajstić information content (AvgIpc) is 3.13. The number of fused-ring (bicyclic) bond motifs is 1. The zero-order chi connectivity index (χ0) is 26.1. The third-order valence-corrected chi connectivity index (χ3v) is 6.53. The van der Waals surface area contributed by atoms with Crippen LogP contribution in [0.4, 0.5) is 5.69 Å². The minimum Gasteiger partial charge on any atom is -0.502 e. The number of phenols is 1. The van der Waals surface area contributed by atoms with Gasteiger partial charge in [-0.05, 0) is 44.5 Å². The number of allylic oxidation sites excluding steroid dienone is 1. The van der Waals surface area contributed by atoms with Crippen LogP contribution in [0.2, 0.25) is 0 Å². The molecule has 1 aromatic heterocycles. The number of hydrogen-bond acceptors (Lipinski definition) is 9. The maximum absolute atomic E-state index is 13.6. The van der Waals surface area contributed by atoms with Gasteiger partial charge in [0.1, 0.15) is 5.75 Å². The first kappa shape index (κ1) is 24.9. The van der Waals surface area contributed by atoms with Gasteiger partial charge in [0.25, 0.3) is 5.56 Å². The lowest BCUT2D eigenvalue weighted by atomic mass is 9.96. The molecule has 0 saturated carbocycles. The number of aromatic nitrogens is 1. The lowest BCUT2D eigenvalue weighted by Crippen LogP contribution is -2.40. The molecule has 186 valence electrons. The van der Waals surface area contributed by atoms with Gasteiger partial charge in [0.15, 0.2) is 4.80 Å². The van der Waals surface area contributed by atoms with Crippen LogP contribution in [0.25, 0.3) is 6.08 Å². The molecule has 0 unspecified atom stereocenters. The van der Waals surface area contributed by atoms with Gasteiger partial charge >= 0.3 is 11.7 Å². The van der Waals surface area contributed by atoms with Crippen LogP contribution in [0.15, 0.2) is 63.5 Å². The van der Waals surface area contributed by atoms with Gasteiger partial charge in [-0.25, -0.2) is 9.79 Å². The molecule has 0 radical (unpaired) electrons. The van der Waals surface area contributed by atoms with E-state index in [1.165, 1.54) is 36.0 Å². The van der Waals surface area contributed by atoms with Crippen LogP contribution in [0.5, 0.6) is 11.5 Å². The summed E-state index contributed by atoms with van der Waals surface area (Å²) in [4.78, 5) is 42.1. The van der Waals surface area contributed by atoms with Gasteiger partial charge < -0.3 is 14.6 Å². The molecular weight excluding hydrogens is 486 g/mol. The summed E-state index contributed by atoms with van der Waals surface area (Å²) >= 11 is 1.05. The SMILES string of the molecule is COc1ccc([C@@H]2C(C(=O)OC(C)C)=C(C)N=c3sc(=Cc4cccc([N+](=O)[O-])c4O)c(=O)n32)cc1. The molecular formula is C25H23N3O7S. The molecule has 2 aromatic carbocycles. The maximum atomic E-state index is 13.6. The van der Waals surface area contributed by atoms with Crippen molar-refractivity contribution < 1.29 is 24.3 Å². The fourth-order valence-corrected chi connectivity index (χ4v) is 4.95. The number of nitrogens with zero attached hydrogens (tertiary/aromatic N) is 3. The molecule has 4 rings (SSSR count). The summed E-state index contributed by atoms with van der Waals surface area (Å²) in [5.74, 6) is -0.519. The van der Waals surface area contributed by atoms with E-state index >= 15 is 0 Å². The minimum absolute atomic E-state index is 0.116. The van der Waals surface area contributed by atoms with Crippen LogP contribution < -0.4 is 19.6 Å². The predicted octanol–water partition coefficient (Wildman–Crippen LogP) is 2.81. The fraction of sp³-hybridized carbons (Fsp3) is 0.240. The third-order valence-electron chi connectivity index (χ3n) is 5.55. The number of methoxy groups -OCH3 is 1. The van der Waals surface area contributed by atoms with E-state index in [9.17, 15) is 24.8 Å². The molecule has 0 spiro atoms. The number of ether oxygens (including phenoxy) is 2. The highest BCUT2D eigenvalue weighted by Crippen LogP contribution is 2.32. The number of nitro groups is 1. The molecule has 1 N–H and O–H groups in total. The van der Waals surface area contributed by atoms with E-state index in [4.69, 9.17) is 9.47 Å². The molecule has 36 heavy (non-hydrogen) atoms. The summed E-state index contributed by atoms with van der Waals surface area (Å²) in [6.45, 7) is 5.14. The third kappa shape index (κ3) is 4.52. The van der Waals surface area contributed by atoms with Crippen molar-refractivity contribution >= 4 is 29.1 Å². The standard InChI is InChI=1S/C25H23N3O7S/c1-13(2)35-24(31)20-14(3)26-25-27(21(20)15-8-10-17(34-4)11-9-15)23(30)19(36-25)12-16-6-5-7-18(22(16)29)28(32)33/h5-13,21,29H,1-4H3/t21-/m1/s1. The molecule has 2 heterocycles. The van der Waals surface area contributed by atoms with Crippen molar-refractivity contribution in [1.82, 2.24) is 4.57 Å². The lowest BCUT2D eigenvalue weighted by molar-refractivity contribution is -0.385. The second kappa shape index (κ2) is 9.78. The number of phenolic OH excluding ortho intramolecular Hbond substituents is 1. The van der Waals surface area contributed by atoms with Crippen molar-refractivity contribution in [3.05, 3.63) is 94.7 Å². The molecule has 0 fully saturated rings. The molecule has 10 nitrogen and oxygen atoms in total. The van der Waals surface area contributed by atoms with Crippen molar-refractivity contribution in [1.29, 1.82) is 0 Å². The van der Waals surface area contributed by atoms with Crippen molar-refractivity contribution in [3.63, 3.8) is 0 Å². The van der Waals surface area contributed by atoms with Gasteiger partial charge in [0.2, 0.25) is 5.75 Å². The monoisotopic (exact) mass is 509 g/mol. The van der Waals surface area contributed by atoms with E-state index in [2.05, 4.69) is 4.99 Å². The van der Waals surface area contributed by atoms with Crippen molar-refractivity contribution in [2.24, 2.45) is 4.99 Å². The maximum Gasteiger partial charge on any atom is 0.338 e. The number of carbonyl (C=O) groups excluding carboxylic acids is 1. The number of esters is 1. The van der Waals surface area contributed by atoms with Crippen molar-refractivity contribution in [2.75, 3.05) is 7.11 Å². The zero-order valence-corrected chi connectivity index (χ0v) is 20.7. The van der Waals surface area contributed by atoms with Crippen molar-refractivity contribution in [2.45, 2.75) is 32.9 Å². The lowest BCUT2D eigenvalue weighted by Gasteiger charge is -2.25. The number of rotatable bonds is 6. The first-order valence-corrected chi connectivity index (χ1v) is 11.8. The van der Waals surface area contributed by atoms with Gasteiger partial charge in [-0.2, -0.15) is 0 Å². The van der Waals surface area contributed by atoms with E-state index in [0.29, 0.717) is 21.8 Å². The Morgan fingerprint density at radius 2 is 1.94 bits per heavy atom. The molecule has 0 saturated heterocycles. The smallest absolute Gasteiger partial charge is 0.338 e. The minimum atomic E-state index is -0.820. The Labute approximate surface area is 209 Å². The van der Waals surface area contributed by atoms with Crippen LogP contribution in [-0.4, -0.2) is 33.8 Å². The van der Waals surface area contributed by atoms with Crippen LogP contribution in [-0.2, 0) is 9.53 Å². The van der Waals surface area contributed by atoms with E-state index in [0.717, 1.165) is 11.3 Å². The first-order chi connectivity index (χ1) is 17.1. The Morgan fingerprint density at radius 1 is 1.25 bits per heavy atom. The predicted molar refractivity (Wildman–Crippen MR) is 133 cm³/mol. The van der Waals surface area contributed by atoms with E-state index in [1.807, 2.05) is 0 Å². The molecule has 0 aliphatic carbocycles. The highest BCUT2D eigenvalue weighted by Gasteiger charge is 2.34. The molecule has 1 aliphatic heterocycles. The highest BCUT2D eigenvalue weighted by atomic mass is 32.1. The zero-order valence-electron chi connectivity index (χ0n) is 19.9. The van der Waals surface area contributed by atoms with Gasteiger partial charge in [0, 0.05) is 11.6 Å². The average molecular weight is 510 g/mol. The number of para-hydroxylation sites is 1. The molecule has 1 atom stereocenters. The topological polar surface area (TPSA) is 133 Å². The fourth-order valence-electron chi connectivity index (χ4n) is 3.92. The molecule has 1 aliphatic rings. The quantitative estimate of drug-likeness (QED) is 0.307. The first-order valence-electron chi connectivity index (χ1n) is 11.0. The molecule has 11 heteroatoms. The molecule has 3 aromatic rings. The summed E-state index contributed by atoms with van der Waals surface area (Å²) in [5.41, 5.74) is 0.464. The summed E-state index contributed by atoms with van der Waals surface area (Å²) in [5, 5.41) is 21.6. The van der Waals surface area contributed by atoms with Crippen LogP contribution >= 0.6 is 11.3 Å². The van der Waals surface area contributed by atoms with E-state index < -0.39 is 33.9 Å². The number of hydrogen-bond donors (Lipinski definition) is 1. The Morgan fingerprint density at radius 3 is 2.56 bits per heavy atom. The number of nitro benzene ring substituents is 1. The van der Waals surface area contributed by atoms with Gasteiger partial charge in [-0.3, -0.25) is 19.5 Å². The normalized spacial score (nSPS) is 15.5. The van der Waals surface area contributed by atoms with Crippen LogP contribution in [0, 0.1) is 10.1 Å².